The summed E-state index contributed by atoms with van der Waals surface area (Å²) in [6.07, 6.45) is 5.10. The van der Waals surface area contributed by atoms with E-state index in [9.17, 15) is 0 Å². The Morgan fingerprint density at radius 2 is 1.78 bits per heavy atom. The van der Waals surface area contributed by atoms with Gasteiger partial charge in [0.1, 0.15) is 6.61 Å². The SMILES string of the molecule is CCCCCCNCCOc1c(Cl)cccc1Cl. The minimum atomic E-state index is 0.561. The van der Waals surface area contributed by atoms with Gasteiger partial charge < -0.3 is 10.1 Å². The molecule has 0 amide bonds. The highest BCUT2D eigenvalue weighted by Gasteiger charge is 2.05. The first-order valence-electron chi connectivity index (χ1n) is 6.53. The van der Waals surface area contributed by atoms with Crippen LogP contribution in [0, 0.1) is 0 Å². The van der Waals surface area contributed by atoms with Crippen LogP contribution in [-0.2, 0) is 0 Å². The highest BCUT2D eigenvalue weighted by molar-refractivity contribution is 6.37. The molecule has 0 saturated heterocycles. The summed E-state index contributed by atoms with van der Waals surface area (Å²) in [6.45, 7) is 4.65. The Labute approximate surface area is 120 Å². The van der Waals surface area contributed by atoms with Gasteiger partial charge in [-0.2, -0.15) is 0 Å². The van der Waals surface area contributed by atoms with Crippen LogP contribution in [0.25, 0.3) is 0 Å². The van der Waals surface area contributed by atoms with Crippen molar-refractivity contribution in [3.63, 3.8) is 0 Å². The molecule has 0 bridgehead atoms. The van der Waals surface area contributed by atoms with Crippen LogP contribution in [0.3, 0.4) is 0 Å². The van der Waals surface area contributed by atoms with Crippen molar-refractivity contribution in [3.05, 3.63) is 28.2 Å². The monoisotopic (exact) mass is 289 g/mol. The first kappa shape index (κ1) is 15.6. The Morgan fingerprint density at radius 3 is 2.44 bits per heavy atom. The molecule has 0 spiro atoms. The van der Waals surface area contributed by atoms with E-state index in [-0.39, 0.29) is 0 Å². The van der Waals surface area contributed by atoms with Crippen LogP contribution in [0.5, 0.6) is 5.75 Å². The summed E-state index contributed by atoms with van der Waals surface area (Å²) >= 11 is 12.0. The first-order valence-corrected chi connectivity index (χ1v) is 7.28. The molecule has 0 saturated carbocycles. The summed E-state index contributed by atoms with van der Waals surface area (Å²) in [5.74, 6) is 0.577. The van der Waals surface area contributed by atoms with Gasteiger partial charge in [-0.1, -0.05) is 55.5 Å². The summed E-state index contributed by atoms with van der Waals surface area (Å²) < 4.78 is 5.57. The Bertz CT molecular complexity index is 324. The number of para-hydroxylation sites is 1. The van der Waals surface area contributed by atoms with E-state index < -0.39 is 0 Å². The van der Waals surface area contributed by atoms with Gasteiger partial charge in [-0.3, -0.25) is 0 Å². The largest absolute Gasteiger partial charge is 0.489 e. The lowest BCUT2D eigenvalue weighted by molar-refractivity contribution is 0.314. The molecule has 1 aromatic carbocycles. The zero-order valence-electron chi connectivity index (χ0n) is 10.8. The lowest BCUT2D eigenvalue weighted by atomic mass is 10.2. The minimum Gasteiger partial charge on any atom is -0.489 e. The molecule has 102 valence electrons. The molecule has 18 heavy (non-hydrogen) atoms. The Morgan fingerprint density at radius 1 is 1.06 bits per heavy atom. The van der Waals surface area contributed by atoms with Gasteiger partial charge in [-0.25, -0.2) is 0 Å². The van der Waals surface area contributed by atoms with E-state index in [1.165, 1.54) is 25.7 Å². The Balaban J connectivity index is 2.11. The van der Waals surface area contributed by atoms with Gasteiger partial charge in [-0.15, -0.1) is 0 Å². The van der Waals surface area contributed by atoms with Crippen molar-refractivity contribution in [1.29, 1.82) is 0 Å². The normalized spacial score (nSPS) is 10.6. The van der Waals surface area contributed by atoms with Crippen LogP contribution in [0.1, 0.15) is 32.6 Å². The van der Waals surface area contributed by atoms with Gasteiger partial charge in [-0.05, 0) is 25.1 Å². The third-order valence-corrected chi connectivity index (χ3v) is 3.25. The van der Waals surface area contributed by atoms with E-state index in [1.807, 2.05) is 6.07 Å². The van der Waals surface area contributed by atoms with Crippen molar-refractivity contribution in [2.45, 2.75) is 32.6 Å². The third kappa shape index (κ3) is 5.94. The van der Waals surface area contributed by atoms with Gasteiger partial charge in [0.15, 0.2) is 5.75 Å². The number of rotatable bonds is 9. The standard InChI is InChI=1S/C14H21Cl2NO/c1-2-3-4-5-9-17-10-11-18-14-12(15)7-6-8-13(14)16/h6-8,17H,2-5,9-11H2,1H3. The van der Waals surface area contributed by atoms with Crippen molar-refractivity contribution < 1.29 is 4.74 Å². The number of hydrogen-bond acceptors (Lipinski definition) is 2. The van der Waals surface area contributed by atoms with Crippen molar-refractivity contribution in [3.8, 4) is 5.75 Å². The summed E-state index contributed by atoms with van der Waals surface area (Å²) in [6, 6.07) is 5.37. The molecular formula is C14H21Cl2NO. The number of unbranched alkanes of at least 4 members (excludes halogenated alkanes) is 3. The number of nitrogens with one attached hydrogen (secondary N) is 1. The molecule has 0 aliphatic carbocycles. The van der Waals surface area contributed by atoms with Gasteiger partial charge in [0.05, 0.1) is 10.0 Å². The smallest absolute Gasteiger partial charge is 0.156 e. The summed E-state index contributed by atoms with van der Waals surface area (Å²) in [4.78, 5) is 0. The first-order chi connectivity index (χ1) is 8.75. The highest BCUT2D eigenvalue weighted by atomic mass is 35.5. The average Bonchev–Trinajstić information content (AvgIpc) is 2.35. The number of halogens is 2. The zero-order valence-corrected chi connectivity index (χ0v) is 12.4. The maximum absolute atomic E-state index is 6.00. The minimum absolute atomic E-state index is 0.561. The van der Waals surface area contributed by atoms with Crippen LogP contribution in [0.2, 0.25) is 10.0 Å². The molecule has 0 aliphatic heterocycles. The third-order valence-electron chi connectivity index (χ3n) is 2.65. The van der Waals surface area contributed by atoms with Gasteiger partial charge in [0.2, 0.25) is 0 Å². The lowest BCUT2D eigenvalue weighted by Crippen LogP contribution is -2.22. The second-order valence-corrected chi connectivity index (χ2v) is 5.02. The maximum Gasteiger partial charge on any atom is 0.156 e. The molecule has 1 rings (SSSR count). The Hall–Kier alpha value is -0.440. The molecule has 0 radical (unpaired) electrons. The molecule has 0 heterocycles. The van der Waals surface area contributed by atoms with Gasteiger partial charge >= 0.3 is 0 Å². The van der Waals surface area contributed by atoms with Crippen molar-refractivity contribution in [2.75, 3.05) is 19.7 Å². The second-order valence-electron chi connectivity index (χ2n) is 4.21. The van der Waals surface area contributed by atoms with Crippen LogP contribution < -0.4 is 10.1 Å². The van der Waals surface area contributed by atoms with Crippen LogP contribution in [0.15, 0.2) is 18.2 Å². The van der Waals surface area contributed by atoms with E-state index in [0.717, 1.165) is 13.1 Å². The highest BCUT2D eigenvalue weighted by Crippen LogP contribution is 2.32. The van der Waals surface area contributed by atoms with Gasteiger partial charge in [0.25, 0.3) is 0 Å². The van der Waals surface area contributed by atoms with E-state index in [2.05, 4.69) is 12.2 Å². The van der Waals surface area contributed by atoms with Gasteiger partial charge in [0, 0.05) is 6.54 Å². The topological polar surface area (TPSA) is 21.3 Å². The molecule has 1 aromatic rings. The predicted molar refractivity (Wildman–Crippen MR) is 79.0 cm³/mol. The van der Waals surface area contributed by atoms with Crippen molar-refractivity contribution in [1.82, 2.24) is 5.32 Å². The molecule has 0 unspecified atom stereocenters. The number of benzene rings is 1. The quantitative estimate of drug-likeness (QED) is 0.674. The Kier molecular flexibility index (Phi) is 8.23. The summed E-state index contributed by atoms with van der Waals surface area (Å²) in [5, 5.41) is 4.46. The fraction of sp³-hybridized carbons (Fsp3) is 0.571. The molecule has 0 atom stereocenters. The van der Waals surface area contributed by atoms with Crippen molar-refractivity contribution in [2.24, 2.45) is 0 Å². The fourth-order valence-electron chi connectivity index (χ4n) is 1.65. The zero-order chi connectivity index (χ0) is 13.2. The molecular weight excluding hydrogens is 269 g/mol. The fourth-order valence-corrected chi connectivity index (χ4v) is 2.15. The van der Waals surface area contributed by atoms with Crippen LogP contribution in [-0.4, -0.2) is 19.7 Å². The average molecular weight is 290 g/mol. The van der Waals surface area contributed by atoms with Crippen molar-refractivity contribution >= 4 is 23.2 Å². The van der Waals surface area contributed by atoms with E-state index in [1.54, 1.807) is 12.1 Å². The van der Waals surface area contributed by atoms with E-state index in [4.69, 9.17) is 27.9 Å². The molecule has 0 fully saturated rings. The number of hydrogen-bond donors (Lipinski definition) is 1. The van der Waals surface area contributed by atoms with E-state index >= 15 is 0 Å². The molecule has 4 heteroatoms. The molecule has 0 aromatic heterocycles. The second kappa shape index (κ2) is 9.48. The summed E-state index contributed by atoms with van der Waals surface area (Å²) in [5.41, 5.74) is 0. The lowest BCUT2D eigenvalue weighted by Gasteiger charge is -2.10. The van der Waals surface area contributed by atoms with Crippen LogP contribution >= 0.6 is 23.2 Å². The molecule has 0 aliphatic rings. The van der Waals surface area contributed by atoms with E-state index in [0.29, 0.717) is 22.4 Å². The summed E-state index contributed by atoms with van der Waals surface area (Å²) in [7, 11) is 0. The van der Waals surface area contributed by atoms with Crippen LogP contribution in [0.4, 0.5) is 0 Å². The number of ether oxygens (including phenoxy) is 1. The molecule has 2 nitrogen and oxygen atoms in total. The maximum atomic E-state index is 6.00. The molecule has 1 N–H and O–H groups in total. The predicted octanol–water partition coefficient (Wildman–Crippen LogP) is 4.54.